The molecule has 4 rings (SSSR count). The molecule has 0 saturated heterocycles. The Morgan fingerprint density at radius 3 is 2.73 bits per heavy atom. The largest absolute Gasteiger partial charge is 0.489 e. The molecule has 1 N–H and O–H groups in total. The molecule has 8 heteroatoms. The van der Waals surface area contributed by atoms with E-state index in [4.69, 9.17) is 4.74 Å². The lowest BCUT2D eigenvalue weighted by Gasteiger charge is -2.16. The fourth-order valence-electron chi connectivity index (χ4n) is 3.59. The van der Waals surface area contributed by atoms with Crippen molar-refractivity contribution in [1.82, 2.24) is 19.7 Å². The first-order valence-corrected chi connectivity index (χ1v) is 9.91. The minimum absolute atomic E-state index is 0.0270. The van der Waals surface area contributed by atoms with E-state index in [1.165, 1.54) is 10.7 Å². The predicted molar refractivity (Wildman–Crippen MR) is 109 cm³/mol. The predicted octanol–water partition coefficient (Wildman–Crippen LogP) is 2.43. The summed E-state index contributed by atoms with van der Waals surface area (Å²) in [7, 11) is 1.65. The number of aromatic nitrogens is 3. The number of aryl methyl sites for hydroxylation is 2. The second kappa shape index (κ2) is 8.52. The molecule has 2 heterocycles. The maximum absolute atomic E-state index is 13.7. The third kappa shape index (κ3) is 4.27. The van der Waals surface area contributed by atoms with Crippen molar-refractivity contribution in [2.45, 2.75) is 38.5 Å². The summed E-state index contributed by atoms with van der Waals surface area (Å²) in [6.45, 7) is 0.657. The Labute approximate surface area is 173 Å². The summed E-state index contributed by atoms with van der Waals surface area (Å²) in [6, 6.07) is 13.2. The number of hydrogen-bond acceptors (Lipinski definition) is 4. The maximum Gasteiger partial charge on any atom is 0.345 e. The van der Waals surface area contributed by atoms with E-state index in [1.54, 1.807) is 54.1 Å². The van der Waals surface area contributed by atoms with Crippen molar-refractivity contribution in [3.05, 3.63) is 81.8 Å². The van der Waals surface area contributed by atoms with E-state index >= 15 is 0 Å². The summed E-state index contributed by atoms with van der Waals surface area (Å²) >= 11 is 0. The summed E-state index contributed by atoms with van der Waals surface area (Å²) < 4.78 is 22.3. The Bertz CT molecular complexity index is 1100. The first-order valence-electron chi connectivity index (χ1n) is 9.91. The van der Waals surface area contributed by atoms with Gasteiger partial charge < -0.3 is 10.1 Å². The monoisotopic (exact) mass is 410 g/mol. The van der Waals surface area contributed by atoms with Crippen LogP contribution in [-0.2, 0) is 26.6 Å². The number of ether oxygens (including phenoxy) is 1. The van der Waals surface area contributed by atoms with Crippen molar-refractivity contribution in [3.63, 3.8) is 0 Å². The number of fused-ring (bicyclic) bond motifs is 1. The second-order valence-electron chi connectivity index (χ2n) is 7.38. The molecular formula is C22H23FN4O3. The first kappa shape index (κ1) is 19.9. The van der Waals surface area contributed by atoms with Gasteiger partial charge in [-0.1, -0.05) is 18.2 Å². The Balaban J connectivity index is 1.33. The average molecular weight is 410 g/mol. The lowest BCUT2D eigenvalue weighted by molar-refractivity contribution is 0.0933. The number of carbonyl (C=O) groups is 1. The molecule has 2 aromatic carbocycles. The van der Waals surface area contributed by atoms with Crippen LogP contribution < -0.4 is 15.7 Å². The normalized spacial score (nSPS) is 15.9. The SMILES string of the molecule is Cn1nc2n(c1=O)CCC(NC(=O)c1ccc(OCc3ccccc3F)cc1)CC2. The number of hydrogen-bond donors (Lipinski definition) is 1. The van der Waals surface area contributed by atoms with E-state index in [0.717, 1.165) is 12.2 Å². The zero-order valence-corrected chi connectivity index (χ0v) is 16.7. The number of benzene rings is 2. The van der Waals surface area contributed by atoms with Crippen LogP contribution in [0, 0.1) is 5.82 Å². The highest BCUT2D eigenvalue weighted by atomic mass is 19.1. The summed E-state index contributed by atoms with van der Waals surface area (Å²) in [5, 5.41) is 7.29. The Kier molecular flexibility index (Phi) is 5.65. The minimum Gasteiger partial charge on any atom is -0.489 e. The molecule has 1 amide bonds. The van der Waals surface area contributed by atoms with Crippen LogP contribution >= 0.6 is 0 Å². The average Bonchev–Trinajstić information content (AvgIpc) is 2.89. The van der Waals surface area contributed by atoms with Crippen LogP contribution in [0.4, 0.5) is 4.39 Å². The topological polar surface area (TPSA) is 78.2 Å². The third-order valence-corrected chi connectivity index (χ3v) is 5.31. The van der Waals surface area contributed by atoms with E-state index in [9.17, 15) is 14.0 Å². The molecule has 1 aliphatic heterocycles. The molecule has 1 aromatic heterocycles. The molecule has 1 unspecified atom stereocenters. The van der Waals surface area contributed by atoms with Gasteiger partial charge in [0.15, 0.2) is 0 Å². The van der Waals surface area contributed by atoms with Gasteiger partial charge in [-0.25, -0.2) is 13.9 Å². The maximum atomic E-state index is 13.7. The second-order valence-corrected chi connectivity index (χ2v) is 7.38. The Morgan fingerprint density at radius 1 is 1.20 bits per heavy atom. The highest BCUT2D eigenvalue weighted by molar-refractivity contribution is 5.94. The van der Waals surface area contributed by atoms with Gasteiger partial charge in [0.05, 0.1) is 0 Å². The van der Waals surface area contributed by atoms with Crippen LogP contribution in [0.1, 0.15) is 34.6 Å². The summed E-state index contributed by atoms with van der Waals surface area (Å²) in [4.78, 5) is 24.7. The molecule has 0 spiro atoms. The smallest absolute Gasteiger partial charge is 0.345 e. The quantitative estimate of drug-likeness (QED) is 0.701. The van der Waals surface area contributed by atoms with Gasteiger partial charge in [-0.2, -0.15) is 5.10 Å². The molecule has 7 nitrogen and oxygen atoms in total. The van der Waals surface area contributed by atoms with Crippen molar-refractivity contribution < 1.29 is 13.9 Å². The number of amides is 1. The molecule has 0 aliphatic carbocycles. The highest BCUT2D eigenvalue weighted by Gasteiger charge is 2.21. The summed E-state index contributed by atoms with van der Waals surface area (Å²) in [5.74, 6) is 0.839. The van der Waals surface area contributed by atoms with Crippen LogP contribution in [0.5, 0.6) is 5.75 Å². The van der Waals surface area contributed by atoms with Gasteiger partial charge in [0.2, 0.25) is 0 Å². The van der Waals surface area contributed by atoms with Crippen molar-refractivity contribution in [1.29, 1.82) is 0 Å². The molecule has 156 valence electrons. The van der Waals surface area contributed by atoms with Crippen LogP contribution in [0.15, 0.2) is 53.3 Å². The first-order chi connectivity index (χ1) is 14.5. The van der Waals surface area contributed by atoms with Crippen molar-refractivity contribution in [3.8, 4) is 5.75 Å². The third-order valence-electron chi connectivity index (χ3n) is 5.31. The molecule has 0 bridgehead atoms. The van der Waals surface area contributed by atoms with Gasteiger partial charge in [-0.15, -0.1) is 0 Å². The molecule has 0 fully saturated rings. The summed E-state index contributed by atoms with van der Waals surface area (Å²) in [5.41, 5.74) is 0.872. The number of carbonyl (C=O) groups excluding carboxylic acids is 1. The standard InChI is InChI=1S/C22H23FN4O3/c1-26-22(29)27-13-12-17(8-11-20(27)25-26)24-21(28)15-6-9-18(10-7-15)30-14-16-4-2-3-5-19(16)23/h2-7,9-10,17H,8,11-14H2,1H3,(H,24,28). The number of rotatable bonds is 5. The molecule has 1 aliphatic rings. The van der Waals surface area contributed by atoms with Crippen LogP contribution in [-0.4, -0.2) is 26.3 Å². The zero-order valence-electron chi connectivity index (χ0n) is 16.7. The molecule has 3 aromatic rings. The number of halogens is 1. The highest BCUT2D eigenvalue weighted by Crippen LogP contribution is 2.17. The molecular weight excluding hydrogens is 387 g/mol. The lowest BCUT2D eigenvalue weighted by atomic mass is 10.1. The number of nitrogens with one attached hydrogen (secondary N) is 1. The van der Waals surface area contributed by atoms with E-state index < -0.39 is 0 Å². The molecule has 0 radical (unpaired) electrons. The van der Waals surface area contributed by atoms with Crippen LogP contribution in [0.3, 0.4) is 0 Å². The fraction of sp³-hybridized carbons (Fsp3) is 0.318. The summed E-state index contributed by atoms with van der Waals surface area (Å²) in [6.07, 6.45) is 2.05. The fourth-order valence-corrected chi connectivity index (χ4v) is 3.59. The minimum atomic E-state index is -0.309. The number of nitrogens with zero attached hydrogens (tertiary/aromatic N) is 3. The van der Waals surface area contributed by atoms with E-state index in [0.29, 0.717) is 36.3 Å². The molecule has 30 heavy (non-hydrogen) atoms. The van der Waals surface area contributed by atoms with Crippen LogP contribution in [0.25, 0.3) is 0 Å². The van der Waals surface area contributed by atoms with Crippen molar-refractivity contribution in [2.75, 3.05) is 0 Å². The van der Waals surface area contributed by atoms with Gasteiger partial charge in [0.1, 0.15) is 24.0 Å². The van der Waals surface area contributed by atoms with Gasteiger partial charge in [-0.3, -0.25) is 9.36 Å². The van der Waals surface area contributed by atoms with Gasteiger partial charge >= 0.3 is 5.69 Å². The van der Waals surface area contributed by atoms with Crippen molar-refractivity contribution in [2.24, 2.45) is 7.05 Å². The zero-order chi connectivity index (χ0) is 21.1. The van der Waals surface area contributed by atoms with Crippen molar-refractivity contribution >= 4 is 5.91 Å². The lowest BCUT2D eigenvalue weighted by Crippen LogP contribution is -2.35. The van der Waals surface area contributed by atoms with Gasteiger partial charge in [0, 0.05) is 37.2 Å². The Hall–Kier alpha value is -3.42. The van der Waals surface area contributed by atoms with Crippen LogP contribution in [0.2, 0.25) is 0 Å². The molecule has 0 saturated carbocycles. The van der Waals surface area contributed by atoms with E-state index in [-0.39, 0.29) is 30.1 Å². The molecule has 1 atom stereocenters. The van der Waals surface area contributed by atoms with Gasteiger partial charge in [-0.05, 0) is 43.2 Å². The van der Waals surface area contributed by atoms with E-state index in [2.05, 4.69) is 10.4 Å². The van der Waals surface area contributed by atoms with Gasteiger partial charge in [0.25, 0.3) is 5.91 Å². The Morgan fingerprint density at radius 2 is 1.97 bits per heavy atom. The van der Waals surface area contributed by atoms with E-state index in [1.807, 2.05) is 0 Å².